The maximum atomic E-state index is 2.49. The summed E-state index contributed by atoms with van der Waals surface area (Å²) in [6.45, 7) is 0. The van der Waals surface area contributed by atoms with Crippen molar-refractivity contribution in [3.05, 3.63) is 218 Å². The van der Waals surface area contributed by atoms with Gasteiger partial charge in [0, 0.05) is 59.0 Å². The first kappa shape index (κ1) is 33.7. The summed E-state index contributed by atoms with van der Waals surface area (Å²) in [7, 11) is 0. The van der Waals surface area contributed by atoms with Gasteiger partial charge in [0.1, 0.15) is 0 Å². The van der Waals surface area contributed by atoms with E-state index in [1.807, 2.05) is 11.3 Å². The van der Waals surface area contributed by atoms with E-state index in [2.05, 4.69) is 228 Å². The number of aromatic nitrogens is 1. The molecular formula is C56H36N2S. The van der Waals surface area contributed by atoms with Gasteiger partial charge in [-0.25, -0.2) is 0 Å². The Bertz CT molecular complexity index is 3550. The zero-order chi connectivity index (χ0) is 38.9. The Balaban J connectivity index is 1.19. The topological polar surface area (TPSA) is 8.17 Å². The number of rotatable bonds is 6. The predicted octanol–water partition coefficient (Wildman–Crippen LogP) is 16.3. The fourth-order valence-electron chi connectivity index (χ4n) is 9.26. The Hall–Kier alpha value is -7.46. The summed E-state index contributed by atoms with van der Waals surface area (Å²) in [6.07, 6.45) is 0. The van der Waals surface area contributed by atoms with Crippen LogP contribution in [0.2, 0.25) is 0 Å². The molecule has 2 nitrogen and oxygen atoms in total. The monoisotopic (exact) mass is 768 g/mol. The largest absolute Gasteiger partial charge is 0.310 e. The summed E-state index contributed by atoms with van der Waals surface area (Å²) < 4.78 is 5.05. The second-order valence-corrected chi connectivity index (χ2v) is 16.4. The molecule has 0 saturated carbocycles. The average Bonchev–Trinajstić information content (AvgIpc) is 3.85. The van der Waals surface area contributed by atoms with Crippen molar-refractivity contribution in [2.75, 3.05) is 4.90 Å². The summed E-state index contributed by atoms with van der Waals surface area (Å²) in [5, 5.41) is 9.96. The van der Waals surface area contributed by atoms with E-state index in [-0.39, 0.29) is 0 Å². The maximum Gasteiger partial charge on any atom is 0.0619 e. The molecule has 0 aliphatic rings. The first-order valence-electron chi connectivity index (χ1n) is 20.2. The summed E-state index contributed by atoms with van der Waals surface area (Å²) in [5.41, 5.74) is 11.7. The van der Waals surface area contributed by atoms with Crippen molar-refractivity contribution in [1.82, 2.24) is 4.57 Å². The van der Waals surface area contributed by atoms with Crippen LogP contribution >= 0.6 is 11.3 Å². The number of fused-ring (bicyclic) bond motifs is 9. The van der Waals surface area contributed by atoms with E-state index in [0.29, 0.717) is 0 Å². The molecule has 0 atom stereocenters. The van der Waals surface area contributed by atoms with Crippen molar-refractivity contribution in [2.24, 2.45) is 0 Å². The van der Waals surface area contributed by atoms with Crippen LogP contribution in [0.1, 0.15) is 0 Å². The molecule has 0 amide bonds. The van der Waals surface area contributed by atoms with E-state index in [9.17, 15) is 0 Å². The van der Waals surface area contributed by atoms with Crippen molar-refractivity contribution in [2.45, 2.75) is 0 Å². The van der Waals surface area contributed by atoms with Crippen LogP contribution in [-0.4, -0.2) is 4.57 Å². The van der Waals surface area contributed by atoms with Crippen molar-refractivity contribution in [1.29, 1.82) is 0 Å². The summed E-state index contributed by atoms with van der Waals surface area (Å²) in [5.74, 6) is 0. The molecule has 12 rings (SSSR count). The van der Waals surface area contributed by atoms with Crippen molar-refractivity contribution >= 4 is 91.9 Å². The van der Waals surface area contributed by atoms with E-state index < -0.39 is 0 Å². The fourth-order valence-corrected chi connectivity index (χ4v) is 10.4. The molecule has 10 aromatic carbocycles. The number of thiophene rings is 1. The van der Waals surface area contributed by atoms with Gasteiger partial charge in [-0.3, -0.25) is 0 Å². The Morgan fingerprint density at radius 1 is 0.356 bits per heavy atom. The van der Waals surface area contributed by atoms with Gasteiger partial charge < -0.3 is 9.47 Å². The van der Waals surface area contributed by atoms with Gasteiger partial charge in [-0.15, -0.1) is 11.3 Å². The van der Waals surface area contributed by atoms with Crippen molar-refractivity contribution in [3.8, 4) is 27.9 Å². The second-order valence-electron chi connectivity index (χ2n) is 15.3. The zero-order valence-corrected chi connectivity index (χ0v) is 32.9. The third kappa shape index (κ3) is 5.47. The quantitative estimate of drug-likeness (QED) is 0.153. The van der Waals surface area contributed by atoms with Crippen LogP contribution in [0, 0.1) is 0 Å². The maximum absolute atomic E-state index is 2.49. The Morgan fingerprint density at radius 2 is 0.966 bits per heavy atom. The van der Waals surface area contributed by atoms with Crippen molar-refractivity contribution in [3.63, 3.8) is 0 Å². The molecule has 0 radical (unpaired) electrons. The van der Waals surface area contributed by atoms with Crippen molar-refractivity contribution < 1.29 is 0 Å². The van der Waals surface area contributed by atoms with E-state index >= 15 is 0 Å². The highest BCUT2D eigenvalue weighted by atomic mass is 32.1. The molecule has 0 spiro atoms. The highest BCUT2D eigenvalue weighted by Gasteiger charge is 2.23. The molecule has 0 fully saturated rings. The average molecular weight is 769 g/mol. The normalized spacial score (nSPS) is 11.7. The van der Waals surface area contributed by atoms with Gasteiger partial charge in [-0.2, -0.15) is 0 Å². The number of hydrogen-bond acceptors (Lipinski definition) is 2. The molecule has 0 bridgehead atoms. The molecule has 2 aromatic heterocycles. The van der Waals surface area contributed by atoms with Gasteiger partial charge in [-0.1, -0.05) is 152 Å². The van der Waals surface area contributed by atoms with E-state index in [4.69, 9.17) is 0 Å². The summed E-state index contributed by atoms with van der Waals surface area (Å²) >= 11 is 1.86. The molecule has 0 unspecified atom stereocenters. The van der Waals surface area contributed by atoms with Gasteiger partial charge in [0.2, 0.25) is 0 Å². The predicted molar refractivity (Wildman–Crippen MR) is 254 cm³/mol. The molecule has 2 heterocycles. The van der Waals surface area contributed by atoms with Crippen LogP contribution in [0.15, 0.2) is 218 Å². The third-order valence-electron chi connectivity index (χ3n) is 11.9. The van der Waals surface area contributed by atoms with Gasteiger partial charge in [0.15, 0.2) is 0 Å². The standard InChI is InChI=1S/C56H36N2S/c1-4-16-37(17-5-1)40-32-49(38-18-6-2-7-19-38)56-51(33-40)50-35-42(29-31-52(50)58(56)41-21-8-3-9-22-41)57(43-28-30-48-47-26-14-15-27-54(47)59-55(48)36-43)53-34-39-20-10-11-23-44(39)45-24-12-13-25-46(45)53/h1-36H. The molecule has 0 saturated heterocycles. The first-order chi connectivity index (χ1) is 29.3. The van der Waals surface area contributed by atoms with Gasteiger partial charge in [0.25, 0.3) is 0 Å². The Labute approximate surface area is 346 Å². The van der Waals surface area contributed by atoms with E-state index in [0.717, 1.165) is 22.7 Å². The van der Waals surface area contributed by atoms with E-state index in [1.165, 1.54) is 85.8 Å². The Morgan fingerprint density at radius 3 is 1.76 bits per heavy atom. The van der Waals surface area contributed by atoms with Gasteiger partial charge >= 0.3 is 0 Å². The Kier molecular flexibility index (Phi) is 7.75. The number of anilines is 3. The molecule has 0 aliphatic heterocycles. The molecule has 0 aliphatic carbocycles. The lowest BCUT2D eigenvalue weighted by molar-refractivity contribution is 1.18. The van der Waals surface area contributed by atoms with Crippen LogP contribution < -0.4 is 4.90 Å². The van der Waals surface area contributed by atoms with Gasteiger partial charge in [0.05, 0.1) is 16.7 Å². The SMILES string of the molecule is c1ccc(-c2cc(-c3ccccc3)c3c(c2)c2cc(N(c4ccc5c(c4)sc4ccccc45)c4cc5ccccc5c5ccccc45)ccc2n3-c2ccccc2)cc1. The van der Waals surface area contributed by atoms with Crippen LogP contribution in [0.5, 0.6) is 0 Å². The molecule has 3 heteroatoms. The molecule has 12 aromatic rings. The van der Waals surface area contributed by atoms with Crippen LogP contribution in [0.3, 0.4) is 0 Å². The summed E-state index contributed by atoms with van der Waals surface area (Å²) in [4.78, 5) is 2.49. The lowest BCUT2D eigenvalue weighted by Crippen LogP contribution is -2.10. The number of benzene rings is 10. The molecule has 0 N–H and O–H groups in total. The molecular weight excluding hydrogens is 733 g/mol. The second kappa shape index (κ2) is 13.6. The van der Waals surface area contributed by atoms with Crippen LogP contribution in [0.25, 0.3) is 91.5 Å². The van der Waals surface area contributed by atoms with E-state index in [1.54, 1.807) is 0 Å². The fraction of sp³-hybridized carbons (Fsp3) is 0. The highest BCUT2D eigenvalue weighted by molar-refractivity contribution is 7.25. The number of hydrogen-bond donors (Lipinski definition) is 0. The van der Waals surface area contributed by atoms with Gasteiger partial charge in [-0.05, 0) is 99.6 Å². The minimum absolute atomic E-state index is 1.11. The smallest absolute Gasteiger partial charge is 0.0619 e. The molecule has 276 valence electrons. The molecule has 59 heavy (non-hydrogen) atoms. The lowest BCUT2D eigenvalue weighted by Gasteiger charge is -2.28. The zero-order valence-electron chi connectivity index (χ0n) is 32.1. The highest BCUT2D eigenvalue weighted by Crippen LogP contribution is 2.47. The minimum atomic E-state index is 1.11. The van der Waals surface area contributed by atoms with Crippen LogP contribution in [0.4, 0.5) is 17.1 Å². The lowest BCUT2D eigenvalue weighted by atomic mass is 9.95. The minimum Gasteiger partial charge on any atom is -0.310 e. The number of nitrogens with zero attached hydrogens (tertiary/aromatic N) is 2. The summed E-state index contributed by atoms with van der Waals surface area (Å²) in [6, 6.07) is 80.1. The first-order valence-corrected chi connectivity index (χ1v) is 21.0. The third-order valence-corrected chi connectivity index (χ3v) is 13.1. The number of para-hydroxylation sites is 1. The van der Waals surface area contributed by atoms with Crippen LogP contribution in [-0.2, 0) is 0 Å².